The molecule has 1 heterocycles. The molecule has 0 fully saturated rings. The molecule has 4 N–H and O–H groups in total. The quantitative estimate of drug-likeness (QED) is 0.135. The van der Waals surface area contributed by atoms with Crippen molar-refractivity contribution in [1.82, 2.24) is 20.6 Å². The number of hydrogen-bond donors (Lipinski definition) is 4. The number of hydrogen-bond acceptors (Lipinski definition) is 8. The minimum absolute atomic E-state index is 0.00725. The lowest BCUT2D eigenvalue weighted by Gasteiger charge is -2.11. The van der Waals surface area contributed by atoms with Gasteiger partial charge in [0, 0.05) is 43.4 Å². The fraction of sp³-hybridized carbons (Fsp3) is 0.208. The van der Waals surface area contributed by atoms with Crippen molar-refractivity contribution in [2.75, 3.05) is 11.9 Å². The molecule has 3 aromatic rings. The van der Waals surface area contributed by atoms with Gasteiger partial charge in [-0.15, -0.1) is 4.83 Å². The van der Waals surface area contributed by atoms with E-state index in [0.29, 0.717) is 11.8 Å². The van der Waals surface area contributed by atoms with Crippen LogP contribution in [0.1, 0.15) is 34.3 Å². The van der Waals surface area contributed by atoms with Gasteiger partial charge in [0.25, 0.3) is 21.6 Å². The summed E-state index contributed by atoms with van der Waals surface area (Å²) >= 11 is 5.80. The van der Waals surface area contributed by atoms with Crippen molar-refractivity contribution < 1.29 is 36.1 Å². The van der Waals surface area contributed by atoms with Crippen LogP contribution < -0.4 is 20.9 Å². The number of anilines is 1. The number of alkyl halides is 3. The van der Waals surface area contributed by atoms with Crippen molar-refractivity contribution in [2.45, 2.75) is 30.5 Å². The van der Waals surface area contributed by atoms with Crippen molar-refractivity contribution in [1.29, 1.82) is 0 Å². The maximum absolute atomic E-state index is 12.7. The number of carbonyl (C=O) groups is 2. The Bertz CT molecular complexity index is 1540. The third-order valence-electron chi connectivity index (χ3n) is 5.37. The maximum Gasteiger partial charge on any atom is 0.417 e. The number of hydrazine groups is 1. The second kappa shape index (κ2) is 13.4. The van der Waals surface area contributed by atoms with Crippen LogP contribution in [0, 0.1) is 10.1 Å². The lowest BCUT2D eigenvalue weighted by atomic mass is 10.1. The molecule has 0 aliphatic heterocycles. The second-order valence-corrected chi connectivity index (χ2v) is 10.5. The zero-order valence-electron chi connectivity index (χ0n) is 20.9. The summed E-state index contributed by atoms with van der Waals surface area (Å²) in [5, 5.41) is 15.9. The molecule has 0 aliphatic rings. The minimum atomic E-state index is -4.59. The highest BCUT2D eigenvalue weighted by Gasteiger charge is 2.31. The first-order chi connectivity index (χ1) is 19.3. The van der Waals surface area contributed by atoms with E-state index in [0.717, 1.165) is 12.1 Å². The van der Waals surface area contributed by atoms with Crippen LogP contribution in [0.2, 0.25) is 5.02 Å². The first-order valence-electron chi connectivity index (χ1n) is 11.6. The fourth-order valence-electron chi connectivity index (χ4n) is 3.26. The molecule has 218 valence electrons. The molecule has 0 saturated carbocycles. The smallest absolute Gasteiger partial charge is 0.369 e. The summed E-state index contributed by atoms with van der Waals surface area (Å²) in [7, 11) is -4.12. The van der Waals surface area contributed by atoms with Crippen molar-refractivity contribution in [3.63, 3.8) is 0 Å². The average molecular weight is 615 g/mol. The summed E-state index contributed by atoms with van der Waals surface area (Å²) in [5.74, 6) is -1.21. The monoisotopic (exact) mass is 614 g/mol. The van der Waals surface area contributed by atoms with Gasteiger partial charge in [0.15, 0.2) is 0 Å². The van der Waals surface area contributed by atoms with Crippen LogP contribution in [-0.4, -0.2) is 36.7 Å². The van der Waals surface area contributed by atoms with E-state index in [9.17, 15) is 41.3 Å². The van der Waals surface area contributed by atoms with Gasteiger partial charge >= 0.3 is 6.18 Å². The van der Waals surface area contributed by atoms with Gasteiger partial charge in [0.2, 0.25) is 5.91 Å². The number of nitrogens with zero attached hydrogens (tertiary/aromatic N) is 2. The van der Waals surface area contributed by atoms with E-state index in [1.54, 1.807) is 0 Å². The number of carbonyl (C=O) groups excluding carboxylic acids is 2. The Morgan fingerprint density at radius 1 is 1.07 bits per heavy atom. The number of sulfonamides is 1. The number of pyridine rings is 1. The summed E-state index contributed by atoms with van der Waals surface area (Å²) < 4.78 is 63.0. The van der Waals surface area contributed by atoms with Gasteiger partial charge in [-0.25, -0.2) is 13.4 Å². The van der Waals surface area contributed by atoms with Gasteiger partial charge in [-0.05, 0) is 36.2 Å². The molecule has 3 rings (SSSR count). The van der Waals surface area contributed by atoms with Crippen molar-refractivity contribution in [3.05, 3.63) is 92.6 Å². The van der Waals surface area contributed by atoms with E-state index in [4.69, 9.17) is 11.6 Å². The lowest BCUT2D eigenvalue weighted by Crippen LogP contribution is -2.41. The van der Waals surface area contributed by atoms with Crippen LogP contribution in [-0.2, 0) is 27.5 Å². The minimum Gasteiger partial charge on any atom is -0.369 e. The highest BCUT2D eigenvalue weighted by molar-refractivity contribution is 7.89. The van der Waals surface area contributed by atoms with Gasteiger partial charge in [-0.2, -0.15) is 13.2 Å². The summed E-state index contributed by atoms with van der Waals surface area (Å²) in [4.78, 5) is 39.9. The number of rotatable bonds is 12. The predicted molar refractivity (Wildman–Crippen MR) is 141 cm³/mol. The Kier molecular flexibility index (Phi) is 10.2. The van der Waals surface area contributed by atoms with Crippen molar-refractivity contribution >= 4 is 44.9 Å². The van der Waals surface area contributed by atoms with E-state index in [1.807, 2.05) is 4.83 Å². The van der Waals surface area contributed by atoms with E-state index in [1.165, 1.54) is 42.5 Å². The average Bonchev–Trinajstić information content (AvgIpc) is 2.93. The van der Waals surface area contributed by atoms with Crippen LogP contribution in [0.5, 0.6) is 0 Å². The number of halogens is 4. The lowest BCUT2D eigenvalue weighted by molar-refractivity contribution is -0.384. The molecule has 0 spiro atoms. The second-order valence-electron chi connectivity index (χ2n) is 8.37. The molecule has 17 heteroatoms. The number of nitro groups is 1. The Hall–Kier alpha value is -4.28. The van der Waals surface area contributed by atoms with Gasteiger partial charge in [-0.3, -0.25) is 25.1 Å². The first-order valence-corrected chi connectivity index (χ1v) is 13.5. The molecule has 0 saturated heterocycles. The Labute approximate surface area is 236 Å². The van der Waals surface area contributed by atoms with Crippen LogP contribution in [0.4, 0.5) is 24.7 Å². The number of aromatic nitrogens is 1. The number of amides is 2. The molecule has 0 bridgehead atoms. The zero-order valence-corrected chi connectivity index (χ0v) is 22.4. The van der Waals surface area contributed by atoms with Gasteiger partial charge in [-0.1, -0.05) is 29.8 Å². The third kappa shape index (κ3) is 9.12. The molecule has 2 amide bonds. The van der Waals surface area contributed by atoms with Crippen LogP contribution >= 0.6 is 11.6 Å². The molecular weight excluding hydrogens is 593 g/mol. The molecular formula is C24H22ClF3N6O6S. The normalized spacial score (nSPS) is 11.5. The van der Waals surface area contributed by atoms with Gasteiger partial charge < -0.3 is 10.6 Å². The fourth-order valence-corrected chi connectivity index (χ4v) is 4.35. The van der Waals surface area contributed by atoms with Gasteiger partial charge in [0.05, 0.1) is 20.4 Å². The number of nitrogens with one attached hydrogen (secondary N) is 4. The van der Waals surface area contributed by atoms with E-state index < -0.39 is 38.5 Å². The third-order valence-corrected chi connectivity index (χ3v) is 6.92. The number of non-ortho nitro benzene ring substituents is 1. The SMILES string of the molecule is O=C(CCCNc1ncc(C(F)(F)F)cc1Cl)NNS(=O)(=O)c1ccc(CNC(=O)c2cccc([N+](=O)[O-])c2)cc1. The predicted octanol–water partition coefficient (Wildman–Crippen LogP) is 3.79. The van der Waals surface area contributed by atoms with Crippen molar-refractivity contribution in [3.8, 4) is 0 Å². The summed E-state index contributed by atoms with van der Waals surface area (Å²) in [5.41, 5.74) is 1.47. The van der Waals surface area contributed by atoms with Crippen molar-refractivity contribution in [2.24, 2.45) is 0 Å². The summed E-state index contributed by atoms with van der Waals surface area (Å²) in [6, 6.07) is 11.3. The number of benzene rings is 2. The summed E-state index contributed by atoms with van der Waals surface area (Å²) in [6.07, 6.45) is -3.91. The molecule has 2 aromatic carbocycles. The maximum atomic E-state index is 12.7. The first kappa shape index (κ1) is 31.3. The van der Waals surface area contributed by atoms with E-state index in [2.05, 4.69) is 21.0 Å². The Morgan fingerprint density at radius 2 is 1.78 bits per heavy atom. The Balaban J connectivity index is 1.43. The largest absolute Gasteiger partial charge is 0.417 e. The topological polar surface area (TPSA) is 172 Å². The zero-order chi connectivity index (χ0) is 30.2. The number of nitro benzene ring substituents is 1. The van der Waals surface area contributed by atoms with Crippen LogP contribution in [0.25, 0.3) is 0 Å². The Morgan fingerprint density at radius 3 is 2.41 bits per heavy atom. The molecule has 12 nitrogen and oxygen atoms in total. The highest BCUT2D eigenvalue weighted by Crippen LogP contribution is 2.32. The van der Waals surface area contributed by atoms with E-state index >= 15 is 0 Å². The van der Waals surface area contributed by atoms with Gasteiger partial charge in [0.1, 0.15) is 5.82 Å². The summed E-state index contributed by atoms with van der Waals surface area (Å²) in [6.45, 7) is 0.144. The molecule has 0 atom stereocenters. The molecule has 0 unspecified atom stereocenters. The standard InChI is InChI=1S/C24H22ClF3N6O6S/c25-20-12-17(24(26,27)28)14-30-22(20)29-10-2-5-21(35)32-33-41(39,40)19-8-6-15(7-9-19)13-31-23(36)16-3-1-4-18(11-16)34(37)38/h1,3-4,6-9,11-12,14,33H,2,5,10,13H2,(H,29,30)(H,31,36)(H,32,35). The molecule has 41 heavy (non-hydrogen) atoms. The van der Waals surface area contributed by atoms with Crippen LogP contribution in [0.15, 0.2) is 65.7 Å². The molecule has 1 aromatic heterocycles. The van der Waals surface area contributed by atoms with Crippen LogP contribution in [0.3, 0.4) is 0 Å². The van der Waals surface area contributed by atoms with E-state index in [-0.39, 0.29) is 52.9 Å². The highest BCUT2D eigenvalue weighted by atomic mass is 35.5. The molecule has 0 radical (unpaired) electrons. The molecule has 0 aliphatic carbocycles.